The van der Waals surface area contributed by atoms with Crippen LogP contribution in [0.5, 0.6) is 0 Å². The number of hydrogen-bond acceptors (Lipinski definition) is 5. The zero-order valence-corrected chi connectivity index (χ0v) is 14.2. The highest BCUT2D eigenvalue weighted by Gasteiger charge is 2.11. The van der Waals surface area contributed by atoms with Gasteiger partial charge in [-0.3, -0.25) is 0 Å². The highest BCUT2D eigenvalue weighted by molar-refractivity contribution is 7.16. The minimum Gasteiger partial charge on any atom is -0.370 e. The first-order chi connectivity index (χ1) is 10.1. The van der Waals surface area contributed by atoms with Gasteiger partial charge in [0.1, 0.15) is 17.5 Å². The molecule has 2 heterocycles. The fourth-order valence-electron chi connectivity index (χ4n) is 2.03. The topological polar surface area (TPSA) is 49.8 Å². The summed E-state index contributed by atoms with van der Waals surface area (Å²) in [5.41, 5.74) is 0. The van der Waals surface area contributed by atoms with Gasteiger partial charge in [0, 0.05) is 23.9 Å². The van der Waals surface area contributed by atoms with Crippen molar-refractivity contribution in [2.75, 3.05) is 17.2 Å². The van der Waals surface area contributed by atoms with Crippen LogP contribution in [0.15, 0.2) is 18.2 Å². The summed E-state index contributed by atoms with van der Waals surface area (Å²) in [6.45, 7) is 7.15. The van der Waals surface area contributed by atoms with Gasteiger partial charge >= 0.3 is 0 Å². The van der Waals surface area contributed by atoms with Crippen LogP contribution < -0.4 is 10.6 Å². The minimum absolute atomic E-state index is 0.168. The van der Waals surface area contributed by atoms with Crippen molar-refractivity contribution in [3.05, 3.63) is 33.2 Å². The maximum Gasteiger partial charge on any atom is 0.133 e. The van der Waals surface area contributed by atoms with Gasteiger partial charge in [0.05, 0.1) is 10.4 Å². The summed E-state index contributed by atoms with van der Waals surface area (Å²) in [6, 6.07) is 6.09. The average molecular weight is 325 g/mol. The van der Waals surface area contributed by atoms with Crippen molar-refractivity contribution >= 4 is 34.6 Å². The molecule has 21 heavy (non-hydrogen) atoms. The Hall–Kier alpha value is -1.33. The molecule has 2 N–H and O–H groups in total. The fourth-order valence-corrected chi connectivity index (χ4v) is 3.10. The SMILES string of the molecule is CCCc1nc(NCC)cc(NC(C)c2ccc(Cl)s2)n1. The number of hydrogen-bond donors (Lipinski definition) is 2. The molecule has 4 nitrogen and oxygen atoms in total. The number of thiophene rings is 1. The van der Waals surface area contributed by atoms with Crippen LogP contribution in [-0.4, -0.2) is 16.5 Å². The molecule has 0 aromatic carbocycles. The summed E-state index contributed by atoms with van der Waals surface area (Å²) < 4.78 is 0.807. The van der Waals surface area contributed by atoms with E-state index in [1.54, 1.807) is 11.3 Å². The van der Waals surface area contributed by atoms with E-state index < -0.39 is 0 Å². The van der Waals surface area contributed by atoms with Gasteiger partial charge in [-0.05, 0) is 32.4 Å². The Bertz CT molecular complexity index is 561. The van der Waals surface area contributed by atoms with Crippen molar-refractivity contribution in [3.63, 3.8) is 0 Å². The highest BCUT2D eigenvalue weighted by Crippen LogP contribution is 2.29. The number of rotatable bonds is 7. The minimum atomic E-state index is 0.168. The van der Waals surface area contributed by atoms with Gasteiger partial charge in [0.25, 0.3) is 0 Å². The van der Waals surface area contributed by atoms with Gasteiger partial charge in [-0.15, -0.1) is 11.3 Å². The van der Waals surface area contributed by atoms with Crippen molar-refractivity contribution in [3.8, 4) is 0 Å². The summed E-state index contributed by atoms with van der Waals surface area (Å²) in [7, 11) is 0. The second kappa shape index (κ2) is 7.61. The number of halogens is 1. The first-order valence-corrected chi connectivity index (χ1v) is 8.45. The van der Waals surface area contributed by atoms with Gasteiger partial charge < -0.3 is 10.6 Å². The average Bonchev–Trinajstić information content (AvgIpc) is 2.86. The van der Waals surface area contributed by atoms with Crippen LogP contribution in [0.2, 0.25) is 4.34 Å². The fraction of sp³-hybridized carbons (Fsp3) is 0.467. The molecule has 0 aliphatic rings. The Morgan fingerprint density at radius 1 is 1.24 bits per heavy atom. The van der Waals surface area contributed by atoms with Crippen LogP contribution in [0, 0.1) is 0 Å². The second-order valence-electron chi connectivity index (χ2n) is 4.84. The van der Waals surface area contributed by atoms with Gasteiger partial charge in [-0.1, -0.05) is 18.5 Å². The molecule has 0 radical (unpaired) electrons. The van der Waals surface area contributed by atoms with E-state index in [0.29, 0.717) is 0 Å². The zero-order chi connectivity index (χ0) is 15.2. The first kappa shape index (κ1) is 16.0. The molecule has 2 rings (SSSR count). The Morgan fingerprint density at radius 2 is 2.00 bits per heavy atom. The van der Waals surface area contributed by atoms with E-state index in [1.165, 1.54) is 4.88 Å². The number of nitrogens with zero attached hydrogens (tertiary/aromatic N) is 2. The molecule has 114 valence electrons. The lowest BCUT2D eigenvalue weighted by atomic mass is 10.2. The maximum atomic E-state index is 6.00. The van der Waals surface area contributed by atoms with E-state index >= 15 is 0 Å². The third-order valence-electron chi connectivity index (χ3n) is 2.99. The normalized spacial score (nSPS) is 12.2. The molecule has 0 saturated heterocycles. The standard InChI is InChI=1S/C15H21ClN4S/c1-4-6-13-19-14(17-5-2)9-15(20-13)18-10(3)11-7-8-12(16)21-11/h7-10H,4-6H2,1-3H3,(H2,17,18,19,20). The van der Waals surface area contributed by atoms with E-state index in [2.05, 4.69) is 41.4 Å². The van der Waals surface area contributed by atoms with E-state index in [1.807, 2.05) is 18.2 Å². The first-order valence-electron chi connectivity index (χ1n) is 7.26. The third-order valence-corrected chi connectivity index (χ3v) is 4.40. The zero-order valence-electron chi connectivity index (χ0n) is 12.6. The summed E-state index contributed by atoms with van der Waals surface area (Å²) >= 11 is 7.58. The molecule has 0 spiro atoms. The molecule has 1 atom stereocenters. The van der Waals surface area contributed by atoms with E-state index in [0.717, 1.165) is 41.2 Å². The van der Waals surface area contributed by atoms with E-state index in [4.69, 9.17) is 11.6 Å². The highest BCUT2D eigenvalue weighted by atomic mass is 35.5. The number of aromatic nitrogens is 2. The Balaban J connectivity index is 2.17. The van der Waals surface area contributed by atoms with Crippen LogP contribution >= 0.6 is 22.9 Å². The van der Waals surface area contributed by atoms with E-state index in [-0.39, 0.29) is 6.04 Å². The number of aryl methyl sites for hydroxylation is 1. The molecule has 0 aliphatic carbocycles. The van der Waals surface area contributed by atoms with E-state index in [9.17, 15) is 0 Å². The lowest BCUT2D eigenvalue weighted by molar-refractivity contribution is 0.823. The van der Waals surface area contributed by atoms with Crippen LogP contribution in [-0.2, 0) is 6.42 Å². The number of anilines is 2. The van der Waals surface area contributed by atoms with Crippen LogP contribution in [0.25, 0.3) is 0 Å². The van der Waals surface area contributed by atoms with Gasteiger partial charge in [-0.2, -0.15) is 0 Å². The molecule has 0 amide bonds. The Morgan fingerprint density at radius 3 is 2.62 bits per heavy atom. The molecule has 0 bridgehead atoms. The summed E-state index contributed by atoms with van der Waals surface area (Å²) in [6.07, 6.45) is 1.91. The molecule has 2 aromatic rings. The molecule has 2 aromatic heterocycles. The van der Waals surface area contributed by atoms with Crippen molar-refractivity contribution in [1.82, 2.24) is 9.97 Å². The van der Waals surface area contributed by atoms with Gasteiger partial charge in [0.2, 0.25) is 0 Å². The van der Waals surface area contributed by atoms with Crippen molar-refractivity contribution in [2.45, 2.75) is 39.7 Å². The Kier molecular flexibility index (Phi) is 5.82. The van der Waals surface area contributed by atoms with Crippen LogP contribution in [0.3, 0.4) is 0 Å². The van der Waals surface area contributed by atoms with Crippen molar-refractivity contribution in [2.24, 2.45) is 0 Å². The van der Waals surface area contributed by atoms with Crippen molar-refractivity contribution < 1.29 is 0 Å². The van der Waals surface area contributed by atoms with Crippen molar-refractivity contribution in [1.29, 1.82) is 0 Å². The monoisotopic (exact) mass is 324 g/mol. The molecule has 1 unspecified atom stereocenters. The third kappa shape index (κ3) is 4.58. The molecule has 6 heteroatoms. The second-order valence-corrected chi connectivity index (χ2v) is 6.59. The molecule has 0 aliphatic heterocycles. The molecular weight excluding hydrogens is 304 g/mol. The molecule has 0 fully saturated rings. The Labute approximate surface area is 135 Å². The summed E-state index contributed by atoms with van der Waals surface area (Å²) in [5.74, 6) is 2.59. The van der Waals surface area contributed by atoms with Crippen LogP contribution in [0.1, 0.15) is 43.9 Å². The van der Waals surface area contributed by atoms with Gasteiger partial charge in [0.15, 0.2) is 0 Å². The largest absolute Gasteiger partial charge is 0.370 e. The predicted molar refractivity (Wildman–Crippen MR) is 91.6 cm³/mol. The van der Waals surface area contributed by atoms with Gasteiger partial charge in [-0.25, -0.2) is 9.97 Å². The summed E-state index contributed by atoms with van der Waals surface area (Å²) in [5, 5.41) is 6.68. The summed E-state index contributed by atoms with van der Waals surface area (Å²) in [4.78, 5) is 10.3. The molecule has 0 saturated carbocycles. The lowest BCUT2D eigenvalue weighted by Crippen LogP contribution is -2.10. The quantitative estimate of drug-likeness (QED) is 0.771. The number of nitrogens with one attached hydrogen (secondary N) is 2. The lowest BCUT2D eigenvalue weighted by Gasteiger charge is -2.15. The smallest absolute Gasteiger partial charge is 0.133 e. The predicted octanol–water partition coefficient (Wildman–Crippen LogP) is 4.75. The van der Waals surface area contributed by atoms with Crippen LogP contribution in [0.4, 0.5) is 11.6 Å². The maximum absolute atomic E-state index is 6.00. The molecular formula is C15H21ClN4S.